The molecular formula is C10H14N2O3S. The van der Waals surface area contributed by atoms with Crippen molar-refractivity contribution in [3.63, 3.8) is 0 Å². The number of aldehydes is 1. The van der Waals surface area contributed by atoms with Crippen LogP contribution >= 0.6 is 0 Å². The predicted octanol–water partition coefficient (Wildman–Crippen LogP) is -0.165. The number of nitrogens with two attached hydrogens (primary N) is 1. The molecule has 5 nitrogen and oxygen atoms in total. The first-order valence-corrected chi connectivity index (χ1v) is 6.26. The van der Waals surface area contributed by atoms with Crippen LogP contribution in [0.3, 0.4) is 0 Å². The largest absolute Gasteiger partial charge is 0.329 e. The highest BCUT2D eigenvalue weighted by Gasteiger charge is 2.22. The third-order valence-corrected chi connectivity index (χ3v) is 3.92. The van der Waals surface area contributed by atoms with Gasteiger partial charge in [-0.05, 0) is 12.1 Å². The number of carbonyl (C=O) groups excluding carboxylic acids is 1. The second-order valence-electron chi connectivity index (χ2n) is 3.13. The van der Waals surface area contributed by atoms with Gasteiger partial charge >= 0.3 is 0 Å². The molecule has 2 N–H and O–H groups in total. The van der Waals surface area contributed by atoms with E-state index in [1.165, 1.54) is 12.1 Å². The molecule has 0 heterocycles. The lowest BCUT2D eigenvalue weighted by molar-refractivity contribution is -0.108. The van der Waals surface area contributed by atoms with E-state index >= 15 is 0 Å². The van der Waals surface area contributed by atoms with Crippen LogP contribution in [-0.4, -0.2) is 38.6 Å². The highest BCUT2D eigenvalue weighted by atomic mass is 32.2. The first-order chi connectivity index (χ1) is 7.62. The fourth-order valence-electron chi connectivity index (χ4n) is 1.28. The molecule has 0 spiro atoms. The van der Waals surface area contributed by atoms with Gasteiger partial charge in [0.05, 0.1) is 11.4 Å². The quantitative estimate of drug-likeness (QED) is 0.703. The van der Waals surface area contributed by atoms with Crippen molar-refractivity contribution < 1.29 is 13.2 Å². The Morgan fingerprint density at radius 1 is 1.25 bits per heavy atom. The van der Waals surface area contributed by atoms with Gasteiger partial charge in [0.15, 0.2) is 0 Å². The third-order valence-electron chi connectivity index (χ3n) is 2.04. The molecule has 1 rings (SSSR count). The van der Waals surface area contributed by atoms with Crippen molar-refractivity contribution >= 4 is 16.3 Å². The Morgan fingerprint density at radius 3 is 2.38 bits per heavy atom. The van der Waals surface area contributed by atoms with Crippen molar-refractivity contribution in [2.75, 3.05) is 19.6 Å². The fourth-order valence-corrected chi connectivity index (χ4v) is 2.68. The topological polar surface area (TPSA) is 80.5 Å². The van der Waals surface area contributed by atoms with Gasteiger partial charge in [-0.1, -0.05) is 18.2 Å². The predicted molar refractivity (Wildman–Crippen MR) is 60.3 cm³/mol. The van der Waals surface area contributed by atoms with E-state index in [0.29, 0.717) is 6.29 Å². The molecule has 16 heavy (non-hydrogen) atoms. The Labute approximate surface area is 94.9 Å². The smallest absolute Gasteiger partial charge is 0.243 e. The molecule has 88 valence electrons. The molecule has 0 saturated carbocycles. The number of hydrogen-bond acceptors (Lipinski definition) is 4. The van der Waals surface area contributed by atoms with E-state index in [2.05, 4.69) is 0 Å². The fraction of sp³-hybridized carbons (Fsp3) is 0.300. The van der Waals surface area contributed by atoms with Gasteiger partial charge in [0, 0.05) is 13.1 Å². The number of hydrogen-bond donors (Lipinski definition) is 1. The normalized spacial score (nSPS) is 11.6. The molecule has 0 aliphatic heterocycles. The average Bonchev–Trinajstić information content (AvgIpc) is 2.30. The van der Waals surface area contributed by atoms with E-state index in [1.807, 2.05) is 0 Å². The van der Waals surface area contributed by atoms with Crippen molar-refractivity contribution in [2.45, 2.75) is 4.90 Å². The van der Waals surface area contributed by atoms with Gasteiger partial charge in [-0.15, -0.1) is 0 Å². The maximum Gasteiger partial charge on any atom is 0.243 e. The lowest BCUT2D eigenvalue weighted by atomic mass is 10.4. The van der Waals surface area contributed by atoms with Crippen molar-refractivity contribution in [3.8, 4) is 0 Å². The molecule has 0 amide bonds. The lowest BCUT2D eigenvalue weighted by Gasteiger charge is -2.18. The molecule has 0 atom stereocenters. The second kappa shape index (κ2) is 5.74. The van der Waals surface area contributed by atoms with E-state index < -0.39 is 10.0 Å². The monoisotopic (exact) mass is 242 g/mol. The summed E-state index contributed by atoms with van der Waals surface area (Å²) in [6.07, 6.45) is 0.552. The highest BCUT2D eigenvalue weighted by molar-refractivity contribution is 7.89. The molecule has 1 aromatic carbocycles. The zero-order valence-corrected chi connectivity index (χ0v) is 9.56. The van der Waals surface area contributed by atoms with Crippen LogP contribution in [0.15, 0.2) is 35.2 Å². The Bertz CT molecular complexity index is 431. The van der Waals surface area contributed by atoms with Crippen LogP contribution < -0.4 is 5.73 Å². The molecule has 0 fully saturated rings. The van der Waals surface area contributed by atoms with Gasteiger partial charge < -0.3 is 10.5 Å². The van der Waals surface area contributed by atoms with Gasteiger partial charge in [0.1, 0.15) is 6.29 Å². The van der Waals surface area contributed by atoms with E-state index in [9.17, 15) is 13.2 Å². The zero-order valence-electron chi connectivity index (χ0n) is 8.74. The molecule has 1 aromatic rings. The average molecular weight is 242 g/mol. The van der Waals surface area contributed by atoms with Crippen LogP contribution in [0.4, 0.5) is 0 Å². The SMILES string of the molecule is NCCN(CC=O)S(=O)(=O)c1ccccc1. The molecule has 0 bridgehead atoms. The summed E-state index contributed by atoms with van der Waals surface area (Å²) < 4.78 is 25.1. The van der Waals surface area contributed by atoms with E-state index in [0.717, 1.165) is 4.31 Å². The van der Waals surface area contributed by atoms with Gasteiger partial charge in [-0.25, -0.2) is 8.42 Å². The molecule has 0 aliphatic carbocycles. The zero-order chi connectivity index (χ0) is 12.0. The summed E-state index contributed by atoms with van der Waals surface area (Å²) in [4.78, 5) is 10.6. The second-order valence-corrected chi connectivity index (χ2v) is 5.07. The maximum absolute atomic E-state index is 12.0. The third kappa shape index (κ3) is 2.88. The molecule has 0 aromatic heterocycles. The summed E-state index contributed by atoms with van der Waals surface area (Å²) in [6, 6.07) is 7.97. The first kappa shape index (κ1) is 12.8. The van der Waals surface area contributed by atoms with Crippen LogP contribution in [0.1, 0.15) is 0 Å². The van der Waals surface area contributed by atoms with Crippen molar-refractivity contribution in [3.05, 3.63) is 30.3 Å². The standard InChI is InChI=1S/C10H14N2O3S/c11-6-7-12(8-9-13)16(14,15)10-4-2-1-3-5-10/h1-5,9H,6-8,11H2. The Hall–Kier alpha value is -1.24. The van der Waals surface area contributed by atoms with Crippen LogP contribution in [0.25, 0.3) is 0 Å². The van der Waals surface area contributed by atoms with Crippen LogP contribution in [0.2, 0.25) is 0 Å². The van der Waals surface area contributed by atoms with Crippen LogP contribution in [0.5, 0.6) is 0 Å². The Morgan fingerprint density at radius 2 is 1.88 bits per heavy atom. The Kier molecular flexibility index (Phi) is 4.60. The van der Waals surface area contributed by atoms with Crippen LogP contribution in [-0.2, 0) is 14.8 Å². The van der Waals surface area contributed by atoms with Gasteiger partial charge in [0.25, 0.3) is 0 Å². The van der Waals surface area contributed by atoms with E-state index in [1.54, 1.807) is 18.2 Å². The summed E-state index contributed by atoms with van der Waals surface area (Å²) in [6.45, 7) is 0.143. The van der Waals surface area contributed by atoms with Crippen LogP contribution in [0, 0.1) is 0 Å². The summed E-state index contributed by atoms with van der Waals surface area (Å²) >= 11 is 0. The van der Waals surface area contributed by atoms with Gasteiger partial charge in [0.2, 0.25) is 10.0 Å². The number of carbonyl (C=O) groups is 1. The molecule has 0 radical (unpaired) electrons. The number of sulfonamides is 1. The summed E-state index contributed by atoms with van der Waals surface area (Å²) in [5, 5.41) is 0. The lowest BCUT2D eigenvalue weighted by Crippen LogP contribution is -2.36. The van der Waals surface area contributed by atoms with Gasteiger partial charge in [-0.3, -0.25) is 0 Å². The number of nitrogens with zero attached hydrogens (tertiary/aromatic N) is 1. The molecule has 0 unspecified atom stereocenters. The van der Waals surface area contributed by atoms with Crippen molar-refractivity contribution in [1.82, 2.24) is 4.31 Å². The molecule has 0 aliphatic rings. The van der Waals surface area contributed by atoms with E-state index in [4.69, 9.17) is 5.73 Å². The minimum absolute atomic E-state index is 0.135. The molecule has 0 saturated heterocycles. The molecular weight excluding hydrogens is 228 g/mol. The van der Waals surface area contributed by atoms with Gasteiger partial charge in [-0.2, -0.15) is 4.31 Å². The summed E-state index contributed by atoms with van der Waals surface area (Å²) in [5.74, 6) is 0. The van der Waals surface area contributed by atoms with Crippen molar-refractivity contribution in [2.24, 2.45) is 5.73 Å². The highest BCUT2D eigenvalue weighted by Crippen LogP contribution is 2.13. The van der Waals surface area contributed by atoms with E-state index in [-0.39, 0.29) is 24.5 Å². The summed E-state index contributed by atoms with van der Waals surface area (Å²) in [7, 11) is -3.60. The van der Waals surface area contributed by atoms with Crippen molar-refractivity contribution in [1.29, 1.82) is 0 Å². The maximum atomic E-state index is 12.0. The number of rotatable bonds is 6. The Balaban J connectivity index is 3.03. The molecule has 6 heteroatoms. The first-order valence-electron chi connectivity index (χ1n) is 4.82. The minimum Gasteiger partial charge on any atom is -0.329 e. The minimum atomic E-state index is -3.60. The number of benzene rings is 1. The summed E-state index contributed by atoms with van der Waals surface area (Å²) in [5.41, 5.74) is 5.31.